The van der Waals surface area contributed by atoms with Crippen molar-refractivity contribution in [2.24, 2.45) is 0 Å². The number of amides is 2. The van der Waals surface area contributed by atoms with Crippen molar-refractivity contribution < 1.29 is 18.7 Å². The smallest absolute Gasteiger partial charge is 0.256 e. The van der Waals surface area contributed by atoms with E-state index in [9.17, 15) is 14.0 Å². The Morgan fingerprint density at radius 1 is 0.963 bits per heavy atom. The molecule has 0 radical (unpaired) electrons. The number of methoxy groups -OCH3 is 1. The topological polar surface area (TPSA) is 49.9 Å². The number of benzene rings is 2. The SMILES string of the molecule is COc1ccc(CCC(=O)N2CCN(C(=O)c3ccccc3F)CC2)cc1. The average Bonchev–Trinajstić information content (AvgIpc) is 2.72. The molecule has 0 atom stereocenters. The molecular weight excluding hydrogens is 347 g/mol. The number of carbonyl (C=O) groups excluding carboxylic acids is 2. The summed E-state index contributed by atoms with van der Waals surface area (Å²) in [5.41, 5.74) is 1.16. The molecule has 1 heterocycles. The van der Waals surface area contributed by atoms with Crippen molar-refractivity contribution in [1.29, 1.82) is 0 Å². The van der Waals surface area contributed by atoms with Gasteiger partial charge in [0.2, 0.25) is 5.91 Å². The highest BCUT2D eigenvalue weighted by atomic mass is 19.1. The Hall–Kier alpha value is -2.89. The molecule has 1 aliphatic rings. The second-order valence-electron chi connectivity index (χ2n) is 6.50. The van der Waals surface area contributed by atoms with Crippen molar-refractivity contribution >= 4 is 11.8 Å². The quantitative estimate of drug-likeness (QED) is 0.813. The lowest BCUT2D eigenvalue weighted by atomic mass is 10.1. The summed E-state index contributed by atoms with van der Waals surface area (Å²) in [5.74, 6) is 0.0310. The average molecular weight is 370 g/mol. The molecule has 5 nitrogen and oxygen atoms in total. The highest BCUT2D eigenvalue weighted by molar-refractivity contribution is 5.94. The summed E-state index contributed by atoms with van der Waals surface area (Å²) in [4.78, 5) is 28.2. The lowest BCUT2D eigenvalue weighted by Crippen LogP contribution is -2.50. The van der Waals surface area contributed by atoms with Crippen LogP contribution in [-0.4, -0.2) is 54.9 Å². The molecule has 0 aliphatic carbocycles. The van der Waals surface area contributed by atoms with Gasteiger partial charge in [-0.1, -0.05) is 24.3 Å². The highest BCUT2D eigenvalue weighted by Crippen LogP contribution is 2.15. The van der Waals surface area contributed by atoms with Crippen LogP contribution in [0.5, 0.6) is 5.75 Å². The number of piperazine rings is 1. The fourth-order valence-corrected chi connectivity index (χ4v) is 3.17. The number of hydrogen-bond acceptors (Lipinski definition) is 3. The summed E-state index contributed by atoms with van der Waals surface area (Å²) < 4.78 is 18.9. The molecule has 0 saturated carbocycles. The number of hydrogen-bond donors (Lipinski definition) is 0. The molecular formula is C21H23FN2O3. The first-order valence-electron chi connectivity index (χ1n) is 9.03. The van der Waals surface area contributed by atoms with E-state index in [0.717, 1.165) is 11.3 Å². The Bertz CT molecular complexity index is 799. The van der Waals surface area contributed by atoms with Gasteiger partial charge in [0.15, 0.2) is 0 Å². The first-order valence-corrected chi connectivity index (χ1v) is 9.03. The monoisotopic (exact) mass is 370 g/mol. The number of carbonyl (C=O) groups is 2. The van der Waals surface area contributed by atoms with Crippen LogP contribution in [0, 0.1) is 5.82 Å². The van der Waals surface area contributed by atoms with Crippen LogP contribution in [0.4, 0.5) is 4.39 Å². The Morgan fingerprint density at radius 2 is 1.59 bits per heavy atom. The maximum absolute atomic E-state index is 13.8. The number of ether oxygens (including phenoxy) is 1. The summed E-state index contributed by atoms with van der Waals surface area (Å²) in [7, 11) is 1.62. The van der Waals surface area contributed by atoms with E-state index in [1.54, 1.807) is 29.0 Å². The first kappa shape index (κ1) is 18.9. The van der Waals surface area contributed by atoms with E-state index in [1.807, 2.05) is 24.3 Å². The molecule has 6 heteroatoms. The highest BCUT2D eigenvalue weighted by Gasteiger charge is 2.25. The molecule has 0 N–H and O–H groups in total. The molecule has 3 rings (SSSR count). The maximum Gasteiger partial charge on any atom is 0.256 e. The van der Waals surface area contributed by atoms with E-state index in [-0.39, 0.29) is 17.4 Å². The van der Waals surface area contributed by atoms with Crippen molar-refractivity contribution in [3.63, 3.8) is 0 Å². The van der Waals surface area contributed by atoms with E-state index in [0.29, 0.717) is 39.0 Å². The van der Waals surface area contributed by atoms with Crippen LogP contribution in [-0.2, 0) is 11.2 Å². The van der Waals surface area contributed by atoms with Crippen molar-refractivity contribution in [1.82, 2.24) is 9.80 Å². The molecule has 2 aromatic rings. The molecule has 2 amide bonds. The van der Waals surface area contributed by atoms with Gasteiger partial charge in [0, 0.05) is 32.6 Å². The maximum atomic E-state index is 13.8. The summed E-state index contributed by atoms with van der Waals surface area (Å²) in [6.07, 6.45) is 1.09. The van der Waals surface area contributed by atoms with E-state index < -0.39 is 5.82 Å². The van der Waals surface area contributed by atoms with Crippen LogP contribution < -0.4 is 4.74 Å². The van der Waals surface area contributed by atoms with E-state index in [2.05, 4.69) is 0 Å². The molecule has 1 fully saturated rings. The van der Waals surface area contributed by atoms with Gasteiger partial charge in [-0.2, -0.15) is 0 Å². The largest absolute Gasteiger partial charge is 0.497 e. The van der Waals surface area contributed by atoms with Crippen molar-refractivity contribution in [2.75, 3.05) is 33.3 Å². The van der Waals surface area contributed by atoms with E-state index >= 15 is 0 Å². The Balaban J connectivity index is 1.48. The molecule has 27 heavy (non-hydrogen) atoms. The first-order chi connectivity index (χ1) is 13.1. The van der Waals surface area contributed by atoms with Gasteiger partial charge >= 0.3 is 0 Å². The normalized spacial score (nSPS) is 14.1. The summed E-state index contributed by atoms with van der Waals surface area (Å²) in [5, 5.41) is 0. The van der Waals surface area contributed by atoms with Gasteiger partial charge in [-0.3, -0.25) is 9.59 Å². The number of rotatable bonds is 5. The van der Waals surface area contributed by atoms with Crippen LogP contribution in [0.15, 0.2) is 48.5 Å². The van der Waals surface area contributed by atoms with Gasteiger partial charge in [0.05, 0.1) is 12.7 Å². The van der Waals surface area contributed by atoms with Crippen molar-refractivity contribution in [3.8, 4) is 5.75 Å². The minimum absolute atomic E-state index is 0.0730. The Morgan fingerprint density at radius 3 is 2.22 bits per heavy atom. The third-order valence-corrected chi connectivity index (χ3v) is 4.81. The predicted octanol–water partition coefficient (Wildman–Crippen LogP) is 2.75. The third-order valence-electron chi connectivity index (χ3n) is 4.81. The second-order valence-corrected chi connectivity index (χ2v) is 6.50. The molecule has 0 aromatic heterocycles. The standard InChI is InChI=1S/C21H23FN2O3/c1-27-17-9-6-16(7-10-17)8-11-20(25)23-12-14-24(15-13-23)21(26)18-4-2-3-5-19(18)22/h2-7,9-10H,8,11-15H2,1H3. The lowest BCUT2D eigenvalue weighted by molar-refractivity contribution is -0.132. The Labute approximate surface area is 158 Å². The van der Waals surface area contributed by atoms with Gasteiger partial charge < -0.3 is 14.5 Å². The minimum atomic E-state index is -0.513. The molecule has 0 spiro atoms. The van der Waals surface area contributed by atoms with Gasteiger partial charge in [-0.25, -0.2) is 4.39 Å². The number of aryl methyl sites for hydroxylation is 1. The summed E-state index contributed by atoms with van der Waals surface area (Å²) >= 11 is 0. The van der Waals surface area contributed by atoms with Crippen molar-refractivity contribution in [2.45, 2.75) is 12.8 Å². The molecule has 1 saturated heterocycles. The van der Waals surface area contributed by atoms with Crippen LogP contribution in [0.2, 0.25) is 0 Å². The van der Waals surface area contributed by atoms with E-state index in [4.69, 9.17) is 4.74 Å². The second kappa shape index (κ2) is 8.66. The van der Waals surface area contributed by atoms with Crippen LogP contribution in [0.1, 0.15) is 22.3 Å². The van der Waals surface area contributed by atoms with E-state index in [1.165, 1.54) is 12.1 Å². The summed E-state index contributed by atoms with van der Waals surface area (Å²) in [6, 6.07) is 13.7. The molecule has 0 bridgehead atoms. The van der Waals surface area contributed by atoms with Gasteiger partial charge in [-0.05, 0) is 36.2 Å². The number of halogens is 1. The van der Waals surface area contributed by atoms with Crippen molar-refractivity contribution in [3.05, 3.63) is 65.5 Å². The zero-order valence-corrected chi connectivity index (χ0v) is 15.4. The third kappa shape index (κ3) is 4.64. The predicted molar refractivity (Wildman–Crippen MR) is 100 cm³/mol. The zero-order chi connectivity index (χ0) is 19.2. The van der Waals surface area contributed by atoms with Crippen LogP contribution in [0.25, 0.3) is 0 Å². The Kier molecular flexibility index (Phi) is 6.06. The molecule has 0 unspecified atom stereocenters. The minimum Gasteiger partial charge on any atom is -0.497 e. The zero-order valence-electron chi connectivity index (χ0n) is 15.4. The van der Waals surface area contributed by atoms with Gasteiger partial charge in [-0.15, -0.1) is 0 Å². The fourth-order valence-electron chi connectivity index (χ4n) is 3.17. The molecule has 1 aliphatic heterocycles. The fraction of sp³-hybridized carbons (Fsp3) is 0.333. The van der Waals surface area contributed by atoms with Gasteiger partial charge in [0.25, 0.3) is 5.91 Å². The van der Waals surface area contributed by atoms with Crippen LogP contribution >= 0.6 is 0 Å². The molecule has 142 valence electrons. The summed E-state index contributed by atoms with van der Waals surface area (Å²) in [6.45, 7) is 1.78. The number of nitrogens with zero attached hydrogens (tertiary/aromatic N) is 2. The van der Waals surface area contributed by atoms with Crippen LogP contribution in [0.3, 0.4) is 0 Å². The molecule has 2 aromatic carbocycles. The lowest BCUT2D eigenvalue weighted by Gasteiger charge is -2.35. The van der Waals surface area contributed by atoms with Gasteiger partial charge in [0.1, 0.15) is 11.6 Å².